The number of hydrogen-bond acceptors (Lipinski definition) is 3. The van der Waals surface area contributed by atoms with E-state index in [-0.39, 0.29) is 42.3 Å². The van der Waals surface area contributed by atoms with Crippen LogP contribution in [-0.4, -0.2) is 45.1 Å². The molecule has 0 radical (unpaired) electrons. The van der Waals surface area contributed by atoms with Gasteiger partial charge in [-0.15, -0.1) is 0 Å². The molecule has 0 aromatic heterocycles. The highest BCUT2D eigenvalue weighted by Crippen LogP contribution is 2.48. The van der Waals surface area contributed by atoms with E-state index in [4.69, 9.17) is 0 Å². The summed E-state index contributed by atoms with van der Waals surface area (Å²) in [5.41, 5.74) is 1.42. The number of fused-ring (bicyclic) bond motifs is 1. The molecule has 3 amide bonds. The lowest BCUT2D eigenvalue weighted by molar-refractivity contribution is -0.123. The third-order valence-corrected chi connectivity index (χ3v) is 6.82. The second-order valence-corrected chi connectivity index (χ2v) is 8.45. The van der Waals surface area contributed by atoms with Gasteiger partial charge in [0.05, 0.1) is 6.54 Å². The van der Waals surface area contributed by atoms with Gasteiger partial charge in [0.2, 0.25) is 5.91 Å². The zero-order chi connectivity index (χ0) is 16.9. The Hall–Kier alpha value is -1.96. The van der Waals surface area contributed by atoms with Gasteiger partial charge in [-0.05, 0) is 42.0 Å². The molecular weight excluding hydrogens is 333 g/mol. The Kier molecular flexibility index (Phi) is 3.59. The van der Waals surface area contributed by atoms with Crippen molar-refractivity contribution in [2.45, 2.75) is 25.4 Å². The highest BCUT2D eigenvalue weighted by atomic mass is 32.2. The Morgan fingerprint density at radius 2 is 2.17 bits per heavy atom. The molecule has 2 heterocycles. The molecule has 4 rings (SSSR count). The van der Waals surface area contributed by atoms with Gasteiger partial charge in [-0.1, -0.05) is 0 Å². The van der Waals surface area contributed by atoms with Crippen molar-refractivity contribution in [3.63, 3.8) is 0 Å². The normalized spacial score (nSPS) is 30.9. The van der Waals surface area contributed by atoms with E-state index < -0.39 is 10.8 Å². The summed E-state index contributed by atoms with van der Waals surface area (Å²) in [7, 11) is -0.676. The van der Waals surface area contributed by atoms with Crippen LogP contribution in [0.4, 0.5) is 14.9 Å². The third-order valence-electron chi connectivity index (χ3n) is 4.95. The standard InChI is InChI=1S/C16H18FN3O3S/c17-11-1-2-13-10(3-11)6-20(15(22)19-13)7-14(21)18-12-4-16(5-12)8-24(23)9-16/h1-3,12H,4-9H2,(H,18,21)(H,19,22). The molecule has 128 valence electrons. The number of rotatable bonds is 3. The van der Waals surface area contributed by atoms with Crippen LogP contribution in [0.25, 0.3) is 0 Å². The highest BCUT2D eigenvalue weighted by molar-refractivity contribution is 7.86. The molecule has 0 unspecified atom stereocenters. The molecule has 8 heteroatoms. The topological polar surface area (TPSA) is 78.5 Å². The predicted octanol–water partition coefficient (Wildman–Crippen LogP) is 1.20. The quantitative estimate of drug-likeness (QED) is 0.859. The summed E-state index contributed by atoms with van der Waals surface area (Å²) in [4.78, 5) is 25.6. The van der Waals surface area contributed by atoms with E-state index >= 15 is 0 Å². The van der Waals surface area contributed by atoms with Crippen molar-refractivity contribution < 1.29 is 18.2 Å². The first-order chi connectivity index (χ1) is 11.4. The number of amides is 3. The number of hydrogen-bond donors (Lipinski definition) is 2. The summed E-state index contributed by atoms with van der Waals surface area (Å²) in [5, 5.41) is 5.59. The van der Waals surface area contributed by atoms with Crippen molar-refractivity contribution in [3.05, 3.63) is 29.6 Å². The van der Waals surface area contributed by atoms with Gasteiger partial charge in [0.25, 0.3) is 0 Å². The van der Waals surface area contributed by atoms with Gasteiger partial charge in [0.1, 0.15) is 12.4 Å². The minimum atomic E-state index is -0.676. The molecule has 0 bridgehead atoms. The zero-order valence-corrected chi connectivity index (χ0v) is 13.8. The minimum Gasteiger partial charge on any atom is -0.352 e. The van der Waals surface area contributed by atoms with E-state index in [1.807, 2.05) is 0 Å². The summed E-state index contributed by atoms with van der Waals surface area (Å²) in [5.74, 6) is 0.907. The fourth-order valence-electron chi connectivity index (χ4n) is 3.83. The Bertz CT molecular complexity index is 738. The molecule has 2 N–H and O–H groups in total. The summed E-state index contributed by atoms with van der Waals surface area (Å²) >= 11 is 0. The van der Waals surface area contributed by atoms with E-state index in [0.717, 1.165) is 24.3 Å². The van der Waals surface area contributed by atoms with Crippen LogP contribution in [0.1, 0.15) is 18.4 Å². The maximum atomic E-state index is 13.3. The van der Waals surface area contributed by atoms with E-state index in [2.05, 4.69) is 10.6 Å². The van der Waals surface area contributed by atoms with E-state index in [9.17, 15) is 18.2 Å². The van der Waals surface area contributed by atoms with Crippen molar-refractivity contribution in [1.82, 2.24) is 10.2 Å². The van der Waals surface area contributed by atoms with Crippen molar-refractivity contribution in [3.8, 4) is 0 Å². The van der Waals surface area contributed by atoms with Gasteiger partial charge in [-0.25, -0.2) is 9.18 Å². The fourth-order valence-corrected chi connectivity index (χ4v) is 5.58. The maximum Gasteiger partial charge on any atom is 0.322 e. The summed E-state index contributed by atoms with van der Waals surface area (Å²) in [6.45, 7) is 0.150. The molecule has 1 spiro atoms. The Balaban J connectivity index is 1.31. The summed E-state index contributed by atoms with van der Waals surface area (Å²) in [6.07, 6.45) is 1.73. The molecule has 1 aliphatic carbocycles. The molecule has 1 aromatic carbocycles. The lowest BCUT2D eigenvalue weighted by atomic mass is 9.67. The molecule has 1 aromatic rings. The molecule has 24 heavy (non-hydrogen) atoms. The Labute approximate surface area is 141 Å². The molecule has 2 aliphatic heterocycles. The van der Waals surface area contributed by atoms with Crippen molar-refractivity contribution in [1.29, 1.82) is 0 Å². The van der Waals surface area contributed by atoms with Crippen LogP contribution in [-0.2, 0) is 22.1 Å². The number of benzene rings is 1. The zero-order valence-electron chi connectivity index (χ0n) is 13.0. The number of anilines is 1. The average Bonchev–Trinajstić information content (AvgIpc) is 2.45. The second kappa shape index (κ2) is 5.54. The number of carbonyl (C=O) groups is 2. The fraction of sp³-hybridized carbons (Fsp3) is 0.500. The van der Waals surface area contributed by atoms with E-state index in [1.54, 1.807) is 0 Å². The van der Waals surface area contributed by atoms with Gasteiger partial charge in [-0.2, -0.15) is 0 Å². The lowest BCUT2D eigenvalue weighted by Gasteiger charge is -2.53. The van der Waals surface area contributed by atoms with E-state index in [1.165, 1.54) is 23.1 Å². The van der Waals surface area contributed by atoms with Gasteiger partial charge < -0.3 is 15.5 Å². The molecule has 1 saturated heterocycles. The van der Waals surface area contributed by atoms with Crippen LogP contribution in [0.15, 0.2) is 18.2 Å². The highest BCUT2D eigenvalue weighted by Gasteiger charge is 2.52. The minimum absolute atomic E-state index is 0.0583. The summed E-state index contributed by atoms with van der Waals surface area (Å²) in [6, 6.07) is 3.93. The van der Waals surface area contributed by atoms with Gasteiger partial charge in [0.15, 0.2) is 0 Å². The number of halogens is 1. The largest absolute Gasteiger partial charge is 0.352 e. The third kappa shape index (κ3) is 2.79. The Morgan fingerprint density at radius 3 is 2.88 bits per heavy atom. The molecule has 2 fully saturated rings. The van der Waals surface area contributed by atoms with Crippen LogP contribution in [0, 0.1) is 11.2 Å². The number of nitrogens with one attached hydrogen (secondary N) is 2. The predicted molar refractivity (Wildman–Crippen MR) is 87.3 cm³/mol. The number of urea groups is 1. The lowest BCUT2D eigenvalue weighted by Crippen LogP contribution is -2.61. The van der Waals surface area contributed by atoms with Crippen molar-refractivity contribution in [2.75, 3.05) is 23.4 Å². The van der Waals surface area contributed by atoms with Gasteiger partial charge in [0, 0.05) is 34.0 Å². The van der Waals surface area contributed by atoms with Crippen LogP contribution in [0.3, 0.4) is 0 Å². The van der Waals surface area contributed by atoms with Crippen LogP contribution in [0.5, 0.6) is 0 Å². The Morgan fingerprint density at radius 1 is 1.42 bits per heavy atom. The second-order valence-electron chi connectivity index (χ2n) is 6.99. The maximum absolute atomic E-state index is 13.3. The van der Waals surface area contributed by atoms with Crippen LogP contribution >= 0.6 is 0 Å². The molecule has 1 saturated carbocycles. The van der Waals surface area contributed by atoms with Crippen molar-refractivity contribution >= 4 is 28.4 Å². The van der Waals surface area contributed by atoms with Crippen LogP contribution < -0.4 is 10.6 Å². The number of nitrogens with zero attached hydrogens (tertiary/aromatic N) is 1. The molecular formula is C16H18FN3O3S. The van der Waals surface area contributed by atoms with E-state index in [0.29, 0.717) is 11.3 Å². The number of carbonyl (C=O) groups excluding carboxylic acids is 2. The molecule has 0 atom stereocenters. The van der Waals surface area contributed by atoms with Crippen LogP contribution in [0.2, 0.25) is 0 Å². The average molecular weight is 351 g/mol. The SMILES string of the molecule is O=C(CN1Cc2cc(F)ccc2NC1=O)NC1CC2(C1)CS(=O)C2. The monoisotopic (exact) mass is 351 g/mol. The van der Waals surface area contributed by atoms with Crippen molar-refractivity contribution in [2.24, 2.45) is 5.41 Å². The molecule has 6 nitrogen and oxygen atoms in total. The summed E-state index contributed by atoms with van der Waals surface area (Å²) < 4.78 is 24.5. The van der Waals surface area contributed by atoms with Gasteiger partial charge in [-0.3, -0.25) is 9.00 Å². The van der Waals surface area contributed by atoms with Gasteiger partial charge >= 0.3 is 6.03 Å². The smallest absolute Gasteiger partial charge is 0.322 e. The first-order valence-corrected chi connectivity index (χ1v) is 9.40. The first-order valence-electron chi connectivity index (χ1n) is 7.91. The molecule has 3 aliphatic rings. The first kappa shape index (κ1) is 15.6.